The summed E-state index contributed by atoms with van der Waals surface area (Å²) in [7, 11) is 0. The lowest BCUT2D eigenvalue weighted by Crippen LogP contribution is -1.98. The third kappa shape index (κ3) is 5.61. The van der Waals surface area contributed by atoms with Gasteiger partial charge in [-0.3, -0.25) is 0 Å². The molecule has 0 aliphatic rings. The van der Waals surface area contributed by atoms with Crippen molar-refractivity contribution in [3.8, 4) is 52.1 Å². The van der Waals surface area contributed by atoms with Crippen molar-refractivity contribution >= 4 is 22.7 Å². The maximum atomic E-state index is 9.41. The lowest BCUT2D eigenvalue weighted by molar-refractivity contribution is 0.450. The molecule has 198 valence electrons. The largest absolute Gasteiger partial charge is 0.456 e. The summed E-state index contributed by atoms with van der Waals surface area (Å²) in [6.07, 6.45) is 0. The Morgan fingerprint density at radius 2 is 0.825 bits per heavy atom. The number of nitriles is 1. The monoisotopic (exact) mass is 531 g/mol. The fourth-order valence-electron chi connectivity index (χ4n) is 3.81. The summed E-state index contributed by atoms with van der Waals surface area (Å²) in [5.74, 6) is 3.51. The van der Waals surface area contributed by atoms with Crippen LogP contribution >= 0.6 is 0 Å². The molecule has 0 aliphatic carbocycles. The Hall–Kier alpha value is -6.01. The number of para-hydroxylation sites is 2. The normalized spacial score (nSPS) is 10.4. The molecule has 0 saturated carbocycles. The maximum Gasteiger partial charge on any atom is 0.154 e. The molecule has 5 aromatic rings. The minimum Gasteiger partial charge on any atom is -0.456 e. The Labute approximate surface area is 230 Å². The van der Waals surface area contributed by atoms with Crippen molar-refractivity contribution in [2.45, 2.75) is 0 Å². The van der Waals surface area contributed by atoms with Gasteiger partial charge in [-0.15, -0.1) is 0 Å². The number of ether oxygens (including phenoxy) is 4. The summed E-state index contributed by atoms with van der Waals surface area (Å²) < 4.78 is 23.9. The van der Waals surface area contributed by atoms with Crippen LogP contribution in [0.2, 0.25) is 0 Å². The second-order valence-corrected chi connectivity index (χ2v) is 8.62. The second-order valence-electron chi connectivity index (χ2n) is 8.62. The van der Waals surface area contributed by atoms with Crippen LogP contribution < -0.4 is 41.9 Å². The van der Waals surface area contributed by atoms with Crippen molar-refractivity contribution in [3.63, 3.8) is 0 Å². The van der Waals surface area contributed by atoms with Gasteiger partial charge in [0.05, 0.1) is 17.1 Å². The lowest BCUT2D eigenvalue weighted by Gasteiger charge is -2.15. The Kier molecular flexibility index (Phi) is 7.15. The molecule has 0 unspecified atom stereocenters. The molecule has 0 amide bonds. The molecule has 0 fully saturated rings. The van der Waals surface area contributed by atoms with E-state index in [1.54, 1.807) is 103 Å². The van der Waals surface area contributed by atoms with Gasteiger partial charge in [0.2, 0.25) is 0 Å². The molecular weight excluding hydrogens is 506 g/mol. The molecule has 0 heterocycles. The summed E-state index contributed by atoms with van der Waals surface area (Å²) in [6, 6.07) is 31.5. The van der Waals surface area contributed by atoms with Gasteiger partial charge in [0.1, 0.15) is 46.1 Å². The Morgan fingerprint density at radius 1 is 0.450 bits per heavy atom. The number of nitrogens with zero attached hydrogens (tertiary/aromatic N) is 1. The van der Waals surface area contributed by atoms with Crippen LogP contribution in [0.4, 0.5) is 22.7 Å². The summed E-state index contributed by atoms with van der Waals surface area (Å²) in [6.45, 7) is 0. The number of nitrogens with two attached hydrogens (primary N) is 4. The molecule has 9 nitrogen and oxygen atoms in total. The maximum absolute atomic E-state index is 9.41. The molecule has 40 heavy (non-hydrogen) atoms. The van der Waals surface area contributed by atoms with Crippen LogP contribution in [0.3, 0.4) is 0 Å². The predicted molar refractivity (Wildman–Crippen MR) is 155 cm³/mol. The quantitative estimate of drug-likeness (QED) is 0.153. The van der Waals surface area contributed by atoms with Crippen LogP contribution in [0, 0.1) is 11.3 Å². The van der Waals surface area contributed by atoms with Crippen LogP contribution in [0.15, 0.2) is 103 Å². The fraction of sp³-hybridized carbons (Fsp3) is 0. The first kappa shape index (κ1) is 25.6. The van der Waals surface area contributed by atoms with E-state index in [9.17, 15) is 5.26 Å². The molecule has 0 spiro atoms. The molecule has 0 atom stereocenters. The predicted octanol–water partition coefficient (Wildman–Crippen LogP) is 7.06. The highest BCUT2D eigenvalue weighted by atomic mass is 16.5. The highest BCUT2D eigenvalue weighted by molar-refractivity contribution is 5.71. The van der Waals surface area contributed by atoms with E-state index in [2.05, 4.69) is 6.07 Å². The minimum absolute atomic E-state index is 0.258. The van der Waals surface area contributed by atoms with Gasteiger partial charge in [-0.1, -0.05) is 30.3 Å². The van der Waals surface area contributed by atoms with E-state index in [1.807, 2.05) is 0 Å². The van der Waals surface area contributed by atoms with Crippen molar-refractivity contribution in [1.82, 2.24) is 0 Å². The zero-order valence-electron chi connectivity index (χ0n) is 21.2. The molecular formula is C31H25N5O4. The van der Waals surface area contributed by atoms with Crippen LogP contribution in [0.5, 0.6) is 46.0 Å². The molecule has 0 aliphatic heterocycles. The molecule has 0 radical (unpaired) electrons. The van der Waals surface area contributed by atoms with E-state index in [0.717, 1.165) is 0 Å². The molecule has 0 aromatic heterocycles. The molecule has 5 rings (SSSR count). The standard InChI is InChI=1S/C31H25N5O4/c32-18-23-24(33)10-3-12-26(23)37-19-6-1-8-21(16-19)39-28-14-5-15-29(31(28)36)40-22-9-2-7-20(17-22)38-27-13-4-11-25(34)30(27)35/h1-17H,33-36H2. The highest BCUT2D eigenvalue weighted by Gasteiger charge is 2.13. The number of hydrogen-bond acceptors (Lipinski definition) is 9. The lowest BCUT2D eigenvalue weighted by atomic mass is 10.2. The first-order valence-corrected chi connectivity index (χ1v) is 12.1. The molecule has 0 bridgehead atoms. The van der Waals surface area contributed by atoms with E-state index in [0.29, 0.717) is 68.7 Å². The third-order valence-corrected chi connectivity index (χ3v) is 5.82. The summed E-state index contributed by atoms with van der Waals surface area (Å²) in [5.41, 5.74) is 25.9. The van der Waals surface area contributed by atoms with E-state index in [-0.39, 0.29) is 5.56 Å². The van der Waals surface area contributed by atoms with Gasteiger partial charge in [-0.05, 0) is 60.7 Å². The van der Waals surface area contributed by atoms with Crippen molar-refractivity contribution in [3.05, 3.63) is 109 Å². The van der Waals surface area contributed by atoms with Gasteiger partial charge in [0.25, 0.3) is 0 Å². The summed E-state index contributed by atoms with van der Waals surface area (Å²) >= 11 is 0. The smallest absolute Gasteiger partial charge is 0.154 e. The second kappa shape index (κ2) is 11.2. The third-order valence-electron chi connectivity index (χ3n) is 5.82. The van der Waals surface area contributed by atoms with E-state index in [4.69, 9.17) is 41.9 Å². The van der Waals surface area contributed by atoms with E-state index < -0.39 is 0 Å². The Bertz CT molecular complexity index is 1730. The number of hydrogen-bond donors (Lipinski definition) is 4. The van der Waals surface area contributed by atoms with Gasteiger partial charge < -0.3 is 41.9 Å². The SMILES string of the molecule is N#Cc1c(N)cccc1Oc1cccc(Oc2cccc(Oc3cccc(Oc4cccc(N)c4N)c3)c2N)c1. The summed E-state index contributed by atoms with van der Waals surface area (Å²) in [4.78, 5) is 0. The zero-order chi connectivity index (χ0) is 28.1. The minimum atomic E-state index is 0.258. The number of benzene rings is 5. The van der Waals surface area contributed by atoms with Gasteiger partial charge in [-0.2, -0.15) is 5.26 Å². The average molecular weight is 532 g/mol. The molecule has 0 saturated heterocycles. The molecule has 9 heteroatoms. The number of nitrogen functional groups attached to an aromatic ring is 4. The number of anilines is 4. The van der Waals surface area contributed by atoms with Crippen molar-refractivity contribution in [1.29, 1.82) is 5.26 Å². The topological polar surface area (TPSA) is 165 Å². The van der Waals surface area contributed by atoms with Crippen molar-refractivity contribution in [2.24, 2.45) is 0 Å². The highest BCUT2D eigenvalue weighted by Crippen LogP contribution is 2.39. The Morgan fingerprint density at radius 3 is 1.32 bits per heavy atom. The van der Waals surface area contributed by atoms with Crippen molar-refractivity contribution in [2.75, 3.05) is 22.9 Å². The average Bonchev–Trinajstić information content (AvgIpc) is 2.94. The van der Waals surface area contributed by atoms with Crippen LogP contribution in [0.25, 0.3) is 0 Å². The zero-order valence-corrected chi connectivity index (χ0v) is 21.2. The van der Waals surface area contributed by atoms with Crippen LogP contribution in [-0.4, -0.2) is 0 Å². The molecule has 8 N–H and O–H groups in total. The summed E-state index contributed by atoms with van der Waals surface area (Å²) in [5, 5.41) is 9.41. The van der Waals surface area contributed by atoms with Crippen LogP contribution in [0.1, 0.15) is 5.56 Å². The first-order valence-electron chi connectivity index (χ1n) is 12.1. The van der Waals surface area contributed by atoms with E-state index >= 15 is 0 Å². The van der Waals surface area contributed by atoms with Crippen LogP contribution in [-0.2, 0) is 0 Å². The number of rotatable bonds is 8. The van der Waals surface area contributed by atoms with Crippen molar-refractivity contribution < 1.29 is 18.9 Å². The molecule has 5 aromatic carbocycles. The first-order chi connectivity index (χ1) is 19.4. The van der Waals surface area contributed by atoms with Gasteiger partial charge in [0, 0.05) is 12.1 Å². The Balaban J connectivity index is 1.32. The van der Waals surface area contributed by atoms with E-state index in [1.165, 1.54) is 0 Å². The van der Waals surface area contributed by atoms with Gasteiger partial charge in [-0.25, -0.2) is 0 Å². The fourth-order valence-corrected chi connectivity index (χ4v) is 3.81. The van der Waals surface area contributed by atoms with Gasteiger partial charge in [0.15, 0.2) is 17.2 Å². The van der Waals surface area contributed by atoms with Gasteiger partial charge >= 0.3 is 0 Å².